The standard InChI is InChI=1S/C20H22N4O2/c1-5-19(25)23-10-12-24(13-11-23)20(26)22-16(3)6-7-17-8-9-18(21-4)15(2)14-17/h5,8-9,14,16H,1,10-13H2,2-3H3,(H,22,26). The summed E-state index contributed by atoms with van der Waals surface area (Å²) in [5.41, 5.74) is 2.31. The quantitative estimate of drug-likeness (QED) is 0.506. The molecule has 26 heavy (non-hydrogen) atoms. The Hall–Kier alpha value is -3.25. The summed E-state index contributed by atoms with van der Waals surface area (Å²) < 4.78 is 0. The van der Waals surface area contributed by atoms with Gasteiger partial charge in [0.15, 0.2) is 5.69 Å². The number of nitrogens with zero attached hydrogens (tertiary/aromatic N) is 3. The topological polar surface area (TPSA) is 57.0 Å². The molecule has 1 fully saturated rings. The molecule has 1 aliphatic rings. The monoisotopic (exact) mass is 350 g/mol. The Morgan fingerprint density at radius 1 is 1.31 bits per heavy atom. The van der Waals surface area contributed by atoms with Crippen LogP contribution in [0.4, 0.5) is 10.5 Å². The Balaban J connectivity index is 1.89. The molecule has 0 spiro atoms. The highest BCUT2D eigenvalue weighted by Gasteiger charge is 2.23. The first kappa shape index (κ1) is 19.1. The maximum Gasteiger partial charge on any atom is 0.318 e. The Kier molecular flexibility index (Phi) is 6.41. The molecule has 2 rings (SSSR count). The number of amides is 3. The Bertz CT molecular complexity index is 805. The smallest absolute Gasteiger partial charge is 0.318 e. The van der Waals surface area contributed by atoms with Crippen LogP contribution in [-0.4, -0.2) is 54.0 Å². The summed E-state index contributed by atoms with van der Waals surface area (Å²) in [5, 5.41) is 2.86. The Morgan fingerprint density at radius 2 is 1.96 bits per heavy atom. The van der Waals surface area contributed by atoms with Gasteiger partial charge in [0, 0.05) is 31.7 Å². The van der Waals surface area contributed by atoms with Gasteiger partial charge in [0.1, 0.15) is 0 Å². The SMILES string of the molecule is [C-]#[N+]c1ccc(C#CC(C)NC(=O)N2CCN(C(=O)C=C)CC2)cc1C. The number of piperazine rings is 1. The fraction of sp³-hybridized carbons (Fsp3) is 0.350. The van der Waals surface area contributed by atoms with E-state index >= 15 is 0 Å². The molecule has 0 bridgehead atoms. The van der Waals surface area contributed by atoms with E-state index in [2.05, 4.69) is 28.6 Å². The number of carbonyl (C=O) groups is 2. The highest BCUT2D eigenvalue weighted by Crippen LogP contribution is 2.18. The highest BCUT2D eigenvalue weighted by molar-refractivity contribution is 5.87. The zero-order valence-electron chi connectivity index (χ0n) is 15.1. The number of urea groups is 1. The lowest BCUT2D eigenvalue weighted by atomic mass is 10.1. The van der Waals surface area contributed by atoms with Gasteiger partial charge in [-0.3, -0.25) is 4.79 Å². The summed E-state index contributed by atoms with van der Waals surface area (Å²) in [6, 6.07) is 4.93. The zero-order valence-corrected chi connectivity index (χ0v) is 15.1. The summed E-state index contributed by atoms with van der Waals surface area (Å²) in [4.78, 5) is 30.6. The number of nitrogens with one attached hydrogen (secondary N) is 1. The van der Waals surface area contributed by atoms with Gasteiger partial charge in [-0.05, 0) is 25.5 Å². The lowest BCUT2D eigenvalue weighted by Gasteiger charge is -2.34. The lowest BCUT2D eigenvalue weighted by Crippen LogP contribution is -2.53. The van der Waals surface area contributed by atoms with Crippen LogP contribution in [0.25, 0.3) is 4.85 Å². The lowest BCUT2D eigenvalue weighted by molar-refractivity contribution is -0.127. The van der Waals surface area contributed by atoms with Crippen molar-refractivity contribution in [3.63, 3.8) is 0 Å². The molecule has 1 heterocycles. The van der Waals surface area contributed by atoms with Crippen molar-refractivity contribution in [2.75, 3.05) is 26.2 Å². The third kappa shape index (κ3) is 4.87. The maximum atomic E-state index is 12.3. The number of hydrogen-bond acceptors (Lipinski definition) is 2. The second-order valence-corrected chi connectivity index (χ2v) is 6.07. The summed E-state index contributed by atoms with van der Waals surface area (Å²) in [7, 11) is 0. The zero-order chi connectivity index (χ0) is 19.1. The second kappa shape index (κ2) is 8.73. The van der Waals surface area contributed by atoms with E-state index in [1.165, 1.54) is 6.08 Å². The predicted molar refractivity (Wildman–Crippen MR) is 101 cm³/mol. The molecule has 1 N–H and O–H groups in total. The van der Waals surface area contributed by atoms with E-state index in [1.54, 1.807) is 21.9 Å². The van der Waals surface area contributed by atoms with Gasteiger partial charge in [-0.1, -0.05) is 36.6 Å². The maximum absolute atomic E-state index is 12.3. The van der Waals surface area contributed by atoms with Gasteiger partial charge in [-0.2, -0.15) is 0 Å². The molecule has 1 atom stereocenters. The van der Waals surface area contributed by atoms with Crippen LogP contribution in [0.1, 0.15) is 18.1 Å². The highest BCUT2D eigenvalue weighted by atomic mass is 16.2. The minimum Gasteiger partial charge on any atom is -0.336 e. The minimum atomic E-state index is -0.309. The molecule has 0 saturated carbocycles. The first-order chi connectivity index (χ1) is 12.4. The van der Waals surface area contributed by atoms with Crippen molar-refractivity contribution >= 4 is 17.6 Å². The third-order valence-electron chi connectivity index (χ3n) is 4.14. The number of hydrogen-bond donors (Lipinski definition) is 1. The van der Waals surface area contributed by atoms with Crippen molar-refractivity contribution in [3.05, 3.63) is 53.4 Å². The molecule has 0 radical (unpaired) electrons. The number of benzene rings is 1. The van der Waals surface area contributed by atoms with Gasteiger partial charge in [0.25, 0.3) is 0 Å². The molecule has 0 aromatic heterocycles. The normalized spacial score (nSPS) is 14.5. The second-order valence-electron chi connectivity index (χ2n) is 6.07. The summed E-state index contributed by atoms with van der Waals surface area (Å²) in [5.74, 6) is 5.92. The van der Waals surface area contributed by atoms with E-state index in [9.17, 15) is 9.59 Å². The molecular formula is C20H22N4O2. The van der Waals surface area contributed by atoms with E-state index in [0.29, 0.717) is 31.9 Å². The average molecular weight is 350 g/mol. The predicted octanol–water partition coefficient (Wildman–Crippen LogP) is 2.33. The average Bonchev–Trinajstić information content (AvgIpc) is 2.66. The Morgan fingerprint density at radius 3 is 2.54 bits per heavy atom. The molecule has 134 valence electrons. The van der Waals surface area contributed by atoms with Gasteiger partial charge in [0.05, 0.1) is 12.6 Å². The van der Waals surface area contributed by atoms with Crippen molar-refractivity contribution in [3.8, 4) is 11.8 Å². The summed E-state index contributed by atoms with van der Waals surface area (Å²) >= 11 is 0. The minimum absolute atomic E-state index is 0.108. The largest absolute Gasteiger partial charge is 0.336 e. The van der Waals surface area contributed by atoms with E-state index < -0.39 is 0 Å². The van der Waals surface area contributed by atoms with Gasteiger partial charge in [-0.15, -0.1) is 0 Å². The summed E-state index contributed by atoms with van der Waals surface area (Å²) in [6.45, 7) is 16.2. The molecule has 6 heteroatoms. The Labute approximate surface area is 154 Å². The van der Waals surface area contributed by atoms with Crippen molar-refractivity contribution in [1.82, 2.24) is 15.1 Å². The van der Waals surface area contributed by atoms with E-state index in [0.717, 1.165) is 11.1 Å². The number of carbonyl (C=O) groups excluding carboxylic acids is 2. The van der Waals surface area contributed by atoms with Crippen LogP contribution in [-0.2, 0) is 4.79 Å². The van der Waals surface area contributed by atoms with Crippen molar-refractivity contribution in [1.29, 1.82) is 0 Å². The van der Waals surface area contributed by atoms with Gasteiger partial charge in [-0.25, -0.2) is 9.64 Å². The first-order valence-corrected chi connectivity index (χ1v) is 8.41. The van der Waals surface area contributed by atoms with Crippen LogP contribution in [0.5, 0.6) is 0 Å². The molecule has 6 nitrogen and oxygen atoms in total. The van der Waals surface area contributed by atoms with Gasteiger partial charge < -0.3 is 15.1 Å². The van der Waals surface area contributed by atoms with E-state index in [4.69, 9.17) is 6.57 Å². The molecule has 3 amide bonds. The van der Waals surface area contributed by atoms with Crippen LogP contribution in [0.3, 0.4) is 0 Å². The first-order valence-electron chi connectivity index (χ1n) is 8.41. The van der Waals surface area contributed by atoms with Crippen LogP contribution in [0.15, 0.2) is 30.9 Å². The van der Waals surface area contributed by atoms with Gasteiger partial charge in [0.2, 0.25) is 5.91 Å². The van der Waals surface area contributed by atoms with Crippen LogP contribution < -0.4 is 5.32 Å². The van der Waals surface area contributed by atoms with Crippen LogP contribution in [0.2, 0.25) is 0 Å². The molecule has 1 unspecified atom stereocenters. The number of aryl methyl sites for hydroxylation is 1. The van der Waals surface area contributed by atoms with Crippen molar-refractivity contribution in [2.45, 2.75) is 19.9 Å². The fourth-order valence-electron chi connectivity index (χ4n) is 2.62. The van der Waals surface area contributed by atoms with Crippen LogP contribution in [0, 0.1) is 25.3 Å². The van der Waals surface area contributed by atoms with E-state index in [-0.39, 0.29) is 18.0 Å². The van der Waals surface area contributed by atoms with Gasteiger partial charge >= 0.3 is 6.03 Å². The molecule has 1 saturated heterocycles. The molecule has 1 aromatic rings. The van der Waals surface area contributed by atoms with E-state index in [1.807, 2.05) is 19.9 Å². The van der Waals surface area contributed by atoms with Crippen molar-refractivity contribution in [2.24, 2.45) is 0 Å². The molecule has 1 aliphatic heterocycles. The number of rotatable bonds is 2. The summed E-state index contributed by atoms with van der Waals surface area (Å²) in [6.07, 6.45) is 1.29. The molecule has 1 aromatic carbocycles. The third-order valence-corrected chi connectivity index (χ3v) is 4.14. The molecule has 0 aliphatic carbocycles. The molecular weight excluding hydrogens is 328 g/mol. The van der Waals surface area contributed by atoms with Crippen molar-refractivity contribution < 1.29 is 9.59 Å². The fourth-order valence-corrected chi connectivity index (χ4v) is 2.62. The van der Waals surface area contributed by atoms with Crippen LogP contribution >= 0.6 is 0 Å².